The van der Waals surface area contributed by atoms with Crippen LogP contribution in [0.15, 0.2) is 64.6 Å². The fourth-order valence-corrected chi connectivity index (χ4v) is 2.49. The maximum atomic E-state index is 9.21. The van der Waals surface area contributed by atoms with E-state index in [-0.39, 0.29) is 0 Å². The van der Waals surface area contributed by atoms with Crippen LogP contribution in [-0.4, -0.2) is 10.9 Å². The number of benzene rings is 2. The first-order chi connectivity index (χ1) is 8.36. The van der Waals surface area contributed by atoms with Crippen molar-refractivity contribution in [1.82, 2.24) is 0 Å². The minimum absolute atomic E-state index is 0.558. The van der Waals surface area contributed by atoms with Gasteiger partial charge in [0, 0.05) is 16.0 Å². The zero-order valence-electron chi connectivity index (χ0n) is 8.95. The van der Waals surface area contributed by atoms with Gasteiger partial charge in [-0.05, 0) is 6.07 Å². The largest absolute Gasteiger partial charge is 0.410 e. The molecule has 0 atom stereocenters. The van der Waals surface area contributed by atoms with Gasteiger partial charge < -0.3 is 5.21 Å². The molecule has 0 heterocycles. The molecule has 4 heteroatoms. The molecule has 0 amide bonds. The molecule has 86 valence electrons. The van der Waals surface area contributed by atoms with Crippen molar-refractivity contribution < 1.29 is 5.21 Å². The SMILES string of the molecule is O/N=C(\c1ccccc1)c1ccccc1SS. The van der Waals surface area contributed by atoms with E-state index in [2.05, 4.69) is 16.8 Å². The van der Waals surface area contributed by atoms with Crippen molar-refractivity contribution in [2.75, 3.05) is 0 Å². The van der Waals surface area contributed by atoms with Crippen LogP contribution in [0.25, 0.3) is 0 Å². The highest BCUT2D eigenvalue weighted by Crippen LogP contribution is 2.27. The third-order valence-corrected chi connectivity index (χ3v) is 3.53. The average molecular weight is 261 g/mol. The Balaban J connectivity index is 2.51. The van der Waals surface area contributed by atoms with Crippen LogP contribution in [0, 0.1) is 0 Å². The first-order valence-electron chi connectivity index (χ1n) is 5.05. The maximum absolute atomic E-state index is 9.21. The molecule has 0 unspecified atom stereocenters. The molecule has 0 aromatic heterocycles. The van der Waals surface area contributed by atoms with Crippen LogP contribution in [0.4, 0.5) is 0 Å². The van der Waals surface area contributed by atoms with E-state index in [0.29, 0.717) is 5.71 Å². The highest BCUT2D eigenvalue weighted by atomic mass is 33.1. The van der Waals surface area contributed by atoms with E-state index in [4.69, 9.17) is 0 Å². The van der Waals surface area contributed by atoms with Crippen LogP contribution in [-0.2, 0) is 0 Å². The molecular formula is C13H11NOS2. The molecule has 2 nitrogen and oxygen atoms in total. The zero-order valence-corrected chi connectivity index (χ0v) is 10.7. The summed E-state index contributed by atoms with van der Waals surface area (Å²) in [5.74, 6) is 0. The summed E-state index contributed by atoms with van der Waals surface area (Å²) in [6.45, 7) is 0. The molecule has 2 aromatic rings. The predicted octanol–water partition coefficient (Wildman–Crippen LogP) is 3.85. The lowest BCUT2D eigenvalue weighted by atomic mass is 10.0. The number of thiol groups is 1. The summed E-state index contributed by atoms with van der Waals surface area (Å²) < 4.78 is 0. The zero-order chi connectivity index (χ0) is 12.1. The smallest absolute Gasteiger partial charge is 0.118 e. The fraction of sp³-hybridized carbons (Fsp3) is 0. The first-order valence-corrected chi connectivity index (χ1v) is 6.92. The van der Waals surface area contributed by atoms with Crippen molar-refractivity contribution in [2.45, 2.75) is 4.90 Å². The molecular weight excluding hydrogens is 250 g/mol. The van der Waals surface area contributed by atoms with E-state index in [1.165, 1.54) is 10.8 Å². The highest BCUT2D eigenvalue weighted by molar-refractivity contribution is 8.68. The molecule has 0 aliphatic heterocycles. The van der Waals surface area contributed by atoms with E-state index >= 15 is 0 Å². The quantitative estimate of drug-likeness (QED) is 0.289. The van der Waals surface area contributed by atoms with E-state index in [1.807, 2.05) is 54.6 Å². The van der Waals surface area contributed by atoms with E-state index in [1.54, 1.807) is 0 Å². The lowest BCUT2D eigenvalue weighted by Gasteiger charge is -2.08. The van der Waals surface area contributed by atoms with Crippen molar-refractivity contribution >= 4 is 28.2 Å². The Morgan fingerprint density at radius 2 is 1.65 bits per heavy atom. The van der Waals surface area contributed by atoms with Crippen molar-refractivity contribution in [3.05, 3.63) is 65.7 Å². The highest BCUT2D eigenvalue weighted by Gasteiger charge is 2.11. The van der Waals surface area contributed by atoms with Gasteiger partial charge in [0.25, 0.3) is 0 Å². The first kappa shape index (κ1) is 12.1. The van der Waals surface area contributed by atoms with Gasteiger partial charge in [0.2, 0.25) is 0 Å². The summed E-state index contributed by atoms with van der Waals surface area (Å²) in [4.78, 5) is 0.965. The fourth-order valence-electron chi connectivity index (χ4n) is 1.61. The summed E-state index contributed by atoms with van der Waals surface area (Å²) in [5, 5.41) is 12.6. The van der Waals surface area contributed by atoms with Gasteiger partial charge in [0.15, 0.2) is 0 Å². The average Bonchev–Trinajstić information content (AvgIpc) is 2.41. The lowest BCUT2D eigenvalue weighted by molar-refractivity contribution is 0.319. The third-order valence-electron chi connectivity index (χ3n) is 2.39. The van der Waals surface area contributed by atoms with Crippen molar-refractivity contribution in [3.8, 4) is 0 Å². The van der Waals surface area contributed by atoms with Gasteiger partial charge in [0.05, 0.1) is 0 Å². The number of oxime groups is 1. The minimum atomic E-state index is 0.558. The van der Waals surface area contributed by atoms with Crippen LogP contribution in [0.2, 0.25) is 0 Å². The second kappa shape index (κ2) is 5.80. The number of nitrogens with zero attached hydrogens (tertiary/aromatic N) is 1. The Hall–Kier alpha value is -1.39. The predicted molar refractivity (Wildman–Crippen MR) is 75.2 cm³/mol. The summed E-state index contributed by atoms with van der Waals surface area (Å²) >= 11 is 4.21. The summed E-state index contributed by atoms with van der Waals surface area (Å²) in [6.07, 6.45) is 0. The summed E-state index contributed by atoms with van der Waals surface area (Å²) in [5.41, 5.74) is 2.31. The van der Waals surface area contributed by atoms with Gasteiger partial charge in [-0.15, -0.1) is 11.7 Å². The summed E-state index contributed by atoms with van der Waals surface area (Å²) in [7, 11) is 1.34. The monoisotopic (exact) mass is 261 g/mol. The molecule has 17 heavy (non-hydrogen) atoms. The van der Waals surface area contributed by atoms with Gasteiger partial charge in [0.1, 0.15) is 5.71 Å². The van der Waals surface area contributed by atoms with Crippen molar-refractivity contribution in [1.29, 1.82) is 0 Å². The topological polar surface area (TPSA) is 32.6 Å². The lowest BCUT2D eigenvalue weighted by Crippen LogP contribution is -2.04. The molecule has 2 aromatic carbocycles. The number of hydrogen-bond donors (Lipinski definition) is 2. The molecule has 0 aliphatic rings. The van der Waals surface area contributed by atoms with Crippen LogP contribution in [0.5, 0.6) is 0 Å². The van der Waals surface area contributed by atoms with Gasteiger partial charge >= 0.3 is 0 Å². The Labute approximate surface area is 109 Å². The molecule has 0 saturated carbocycles. The van der Waals surface area contributed by atoms with E-state index in [9.17, 15) is 5.21 Å². The maximum Gasteiger partial charge on any atom is 0.118 e. The number of hydrogen-bond acceptors (Lipinski definition) is 4. The van der Waals surface area contributed by atoms with Gasteiger partial charge in [-0.25, -0.2) is 0 Å². The molecule has 0 saturated heterocycles. The van der Waals surface area contributed by atoms with Crippen molar-refractivity contribution in [2.24, 2.45) is 5.16 Å². The molecule has 0 fully saturated rings. The normalized spacial score (nSPS) is 11.5. The third kappa shape index (κ3) is 2.65. The van der Waals surface area contributed by atoms with Crippen LogP contribution in [0.1, 0.15) is 11.1 Å². The minimum Gasteiger partial charge on any atom is -0.410 e. The van der Waals surface area contributed by atoms with Gasteiger partial charge in [-0.2, -0.15) is 0 Å². The van der Waals surface area contributed by atoms with E-state index < -0.39 is 0 Å². The Morgan fingerprint density at radius 1 is 1.00 bits per heavy atom. The van der Waals surface area contributed by atoms with E-state index in [0.717, 1.165) is 16.0 Å². The second-order valence-electron chi connectivity index (χ2n) is 3.40. The second-order valence-corrected chi connectivity index (χ2v) is 4.57. The van der Waals surface area contributed by atoms with Crippen molar-refractivity contribution in [3.63, 3.8) is 0 Å². The number of rotatable bonds is 3. The van der Waals surface area contributed by atoms with Crippen LogP contribution < -0.4 is 0 Å². The molecule has 2 rings (SSSR count). The Kier molecular flexibility index (Phi) is 4.12. The Morgan fingerprint density at radius 3 is 2.29 bits per heavy atom. The molecule has 0 spiro atoms. The molecule has 0 aliphatic carbocycles. The van der Waals surface area contributed by atoms with Gasteiger partial charge in [-0.3, -0.25) is 0 Å². The molecule has 0 radical (unpaired) electrons. The molecule has 1 N–H and O–H groups in total. The molecule has 0 bridgehead atoms. The van der Waals surface area contributed by atoms with Crippen LogP contribution in [0.3, 0.4) is 0 Å². The van der Waals surface area contributed by atoms with Crippen LogP contribution >= 0.6 is 22.5 Å². The Bertz CT molecular complexity index is 526. The van der Waals surface area contributed by atoms with Gasteiger partial charge in [-0.1, -0.05) is 64.5 Å². The summed E-state index contributed by atoms with van der Waals surface area (Å²) in [6, 6.07) is 17.3. The standard InChI is InChI=1S/C13H11NOS2/c15-14-13(10-6-2-1-3-7-10)11-8-4-5-9-12(11)17-16/h1-9,15-16H/b14-13+.